The van der Waals surface area contributed by atoms with Gasteiger partial charge in [-0.3, -0.25) is 0 Å². The van der Waals surface area contributed by atoms with Crippen molar-refractivity contribution in [2.45, 2.75) is 31.6 Å². The smallest absolute Gasteiger partial charge is 0.227 e. The second-order valence-corrected chi connectivity index (χ2v) is 5.89. The van der Waals surface area contributed by atoms with Crippen molar-refractivity contribution in [1.29, 1.82) is 0 Å². The van der Waals surface area contributed by atoms with E-state index in [0.29, 0.717) is 23.1 Å². The molecule has 0 bridgehead atoms. The molecule has 4 nitrogen and oxygen atoms in total. The average molecular weight is 295 g/mol. The van der Waals surface area contributed by atoms with Crippen molar-refractivity contribution in [2.75, 3.05) is 0 Å². The molecule has 1 aromatic heterocycles. The van der Waals surface area contributed by atoms with Crippen LogP contribution in [0.3, 0.4) is 0 Å². The Hall–Kier alpha value is -2.49. The molecule has 3 aromatic rings. The van der Waals surface area contributed by atoms with Gasteiger partial charge in [-0.05, 0) is 55.2 Å². The van der Waals surface area contributed by atoms with E-state index in [2.05, 4.69) is 4.98 Å². The largest absolute Gasteiger partial charge is 0.508 e. The topological polar surface area (TPSA) is 66.5 Å². The quantitative estimate of drug-likeness (QED) is 0.727. The van der Waals surface area contributed by atoms with Gasteiger partial charge in [0.1, 0.15) is 17.0 Å². The molecule has 1 fully saturated rings. The fourth-order valence-corrected chi connectivity index (χ4v) is 3.35. The Labute approximate surface area is 128 Å². The number of nitrogens with zero attached hydrogens (tertiary/aromatic N) is 1. The zero-order chi connectivity index (χ0) is 15.1. The van der Waals surface area contributed by atoms with E-state index in [9.17, 15) is 10.2 Å². The molecule has 0 aliphatic heterocycles. The molecule has 1 saturated carbocycles. The summed E-state index contributed by atoms with van der Waals surface area (Å²) in [7, 11) is 0. The highest BCUT2D eigenvalue weighted by Crippen LogP contribution is 2.42. The summed E-state index contributed by atoms with van der Waals surface area (Å²) in [5.41, 5.74) is 3.19. The molecular formula is C18H17NO3. The van der Waals surface area contributed by atoms with Crippen LogP contribution in [-0.4, -0.2) is 15.2 Å². The molecule has 112 valence electrons. The first-order chi connectivity index (χ1) is 10.7. The molecule has 1 aliphatic carbocycles. The first-order valence-electron chi connectivity index (χ1n) is 7.64. The Bertz CT molecular complexity index is 814. The highest BCUT2D eigenvalue weighted by molar-refractivity contribution is 5.82. The highest BCUT2D eigenvalue weighted by Gasteiger charge is 2.25. The highest BCUT2D eigenvalue weighted by atomic mass is 16.3. The number of aromatic nitrogens is 1. The maximum Gasteiger partial charge on any atom is 0.227 e. The van der Waals surface area contributed by atoms with Crippen molar-refractivity contribution < 1.29 is 14.6 Å². The molecular weight excluding hydrogens is 278 g/mol. The minimum absolute atomic E-state index is 0.212. The number of aromatic hydroxyl groups is 2. The van der Waals surface area contributed by atoms with E-state index in [0.717, 1.165) is 29.5 Å². The van der Waals surface area contributed by atoms with E-state index in [1.165, 1.54) is 12.8 Å². The second kappa shape index (κ2) is 5.05. The van der Waals surface area contributed by atoms with Crippen molar-refractivity contribution >= 4 is 11.1 Å². The number of phenols is 2. The van der Waals surface area contributed by atoms with Gasteiger partial charge in [0.2, 0.25) is 5.89 Å². The predicted molar refractivity (Wildman–Crippen MR) is 84.0 cm³/mol. The van der Waals surface area contributed by atoms with Gasteiger partial charge in [0.05, 0.1) is 0 Å². The maximum absolute atomic E-state index is 10.3. The molecule has 0 radical (unpaired) electrons. The third kappa shape index (κ3) is 2.11. The number of hydrogen-bond donors (Lipinski definition) is 2. The van der Waals surface area contributed by atoms with Gasteiger partial charge in [-0.15, -0.1) is 0 Å². The van der Waals surface area contributed by atoms with Crippen LogP contribution in [0.15, 0.2) is 40.8 Å². The summed E-state index contributed by atoms with van der Waals surface area (Å²) < 4.78 is 5.85. The second-order valence-electron chi connectivity index (χ2n) is 5.89. The molecule has 22 heavy (non-hydrogen) atoms. The lowest BCUT2D eigenvalue weighted by molar-refractivity contribution is 0.462. The molecule has 4 rings (SSSR count). The normalized spacial score (nSPS) is 15.6. The van der Waals surface area contributed by atoms with Crippen LogP contribution in [0.25, 0.3) is 22.6 Å². The van der Waals surface area contributed by atoms with Crippen molar-refractivity contribution in [2.24, 2.45) is 0 Å². The lowest BCUT2D eigenvalue weighted by Crippen LogP contribution is -1.94. The number of fused-ring (bicyclic) bond motifs is 1. The summed E-state index contributed by atoms with van der Waals surface area (Å²) in [6.07, 6.45) is 4.58. The molecule has 0 unspecified atom stereocenters. The van der Waals surface area contributed by atoms with Gasteiger partial charge in [-0.25, -0.2) is 4.98 Å². The summed E-state index contributed by atoms with van der Waals surface area (Å²) in [5.74, 6) is 1.40. The first kappa shape index (κ1) is 13.2. The molecule has 2 N–H and O–H groups in total. The zero-order valence-corrected chi connectivity index (χ0v) is 12.1. The van der Waals surface area contributed by atoms with E-state index in [4.69, 9.17) is 4.42 Å². The molecule has 4 heteroatoms. The Morgan fingerprint density at radius 2 is 1.68 bits per heavy atom. The fourth-order valence-electron chi connectivity index (χ4n) is 3.35. The monoisotopic (exact) mass is 295 g/mol. The van der Waals surface area contributed by atoms with E-state index in [1.807, 2.05) is 0 Å². The van der Waals surface area contributed by atoms with Crippen molar-refractivity contribution in [1.82, 2.24) is 4.98 Å². The standard InChI is InChI=1S/C18H17NO3/c20-13-7-5-12(6-8-13)18-19-17-15(22-18)10-9-14(21)16(17)11-3-1-2-4-11/h5-11,20-21H,1-4H2. The van der Waals surface area contributed by atoms with Crippen LogP contribution in [0.4, 0.5) is 0 Å². The Kier molecular flexibility index (Phi) is 3.03. The SMILES string of the molecule is Oc1ccc(-c2nc3c(C4CCCC4)c(O)ccc3o2)cc1. The summed E-state index contributed by atoms with van der Waals surface area (Å²) in [6.45, 7) is 0. The van der Waals surface area contributed by atoms with Gasteiger partial charge >= 0.3 is 0 Å². The van der Waals surface area contributed by atoms with Gasteiger partial charge in [-0.2, -0.15) is 0 Å². The van der Waals surface area contributed by atoms with Gasteiger partial charge < -0.3 is 14.6 Å². The van der Waals surface area contributed by atoms with Crippen LogP contribution in [0.1, 0.15) is 37.2 Å². The minimum atomic E-state index is 0.212. The molecule has 0 spiro atoms. The third-order valence-corrected chi connectivity index (χ3v) is 4.45. The molecule has 1 aliphatic rings. The van der Waals surface area contributed by atoms with Crippen LogP contribution in [0, 0.1) is 0 Å². The number of benzene rings is 2. The Balaban J connectivity index is 1.86. The van der Waals surface area contributed by atoms with E-state index < -0.39 is 0 Å². The van der Waals surface area contributed by atoms with Crippen molar-refractivity contribution in [3.05, 3.63) is 42.0 Å². The predicted octanol–water partition coefficient (Wildman–Crippen LogP) is 4.56. The molecule has 0 saturated heterocycles. The minimum Gasteiger partial charge on any atom is -0.508 e. The van der Waals surface area contributed by atoms with Gasteiger partial charge in [0.25, 0.3) is 0 Å². The van der Waals surface area contributed by atoms with E-state index in [-0.39, 0.29) is 5.75 Å². The zero-order valence-electron chi connectivity index (χ0n) is 12.1. The Morgan fingerprint density at radius 3 is 2.41 bits per heavy atom. The summed E-state index contributed by atoms with van der Waals surface area (Å²) in [5, 5.41) is 19.7. The number of phenolic OH excluding ortho intramolecular Hbond substituents is 2. The van der Waals surface area contributed by atoms with Crippen LogP contribution >= 0.6 is 0 Å². The molecule has 0 amide bonds. The lowest BCUT2D eigenvalue weighted by Gasteiger charge is -2.11. The van der Waals surface area contributed by atoms with Crippen LogP contribution in [0.2, 0.25) is 0 Å². The lowest BCUT2D eigenvalue weighted by atomic mass is 9.95. The van der Waals surface area contributed by atoms with Crippen LogP contribution < -0.4 is 0 Å². The summed E-state index contributed by atoms with van der Waals surface area (Å²) >= 11 is 0. The third-order valence-electron chi connectivity index (χ3n) is 4.45. The first-order valence-corrected chi connectivity index (χ1v) is 7.64. The van der Waals surface area contributed by atoms with E-state index >= 15 is 0 Å². The average Bonchev–Trinajstić information content (AvgIpc) is 3.17. The summed E-state index contributed by atoms with van der Waals surface area (Å²) in [4.78, 5) is 4.61. The number of oxazole rings is 1. The fraction of sp³-hybridized carbons (Fsp3) is 0.278. The molecule has 1 heterocycles. The summed E-state index contributed by atoms with van der Waals surface area (Å²) in [6, 6.07) is 10.2. The van der Waals surface area contributed by atoms with Crippen molar-refractivity contribution in [3.63, 3.8) is 0 Å². The maximum atomic E-state index is 10.3. The van der Waals surface area contributed by atoms with Gasteiger partial charge in [0, 0.05) is 11.1 Å². The molecule has 0 atom stereocenters. The van der Waals surface area contributed by atoms with Gasteiger partial charge in [-0.1, -0.05) is 12.8 Å². The van der Waals surface area contributed by atoms with Gasteiger partial charge in [0.15, 0.2) is 5.58 Å². The molecule has 2 aromatic carbocycles. The van der Waals surface area contributed by atoms with E-state index in [1.54, 1.807) is 36.4 Å². The van der Waals surface area contributed by atoms with Crippen LogP contribution in [0.5, 0.6) is 11.5 Å². The Morgan fingerprint density at radius 1 is 0.955 bits per heavy atom. The number of rotatable bonds is 2. The van der Waals surface area contributed by atoms with Crippen molar-refractivity contribution in [3.8, 4) is 23.0 Å². The van der Waals surface area contributed by atoms with Crippen LogP contribution in [-0.2, 0) is 0 Å². The number of hydrogen-bond acceptors (Lipinski definition) is 4.